The molecule has 1 N–H and O–H groups in total. The van der Waals surface area contributed by atoms with Crippen LogP contribution in [-0.2, 0) is 17.9 Å². The van der Waals surface area contributed by atoms with Gasteiger partial charge in [0.05, 0.1) is 19.3 Å². The molecule has 0 fully saturated rings. The minimum Gasteiger partial charge on any atom is -0.465 e. The van der Waals surface area contributed by atoms with Gasteiger partial charge in [0.25, 0.3) is 0 Å². The summed E-state index contributed by atoms with van der Waals surface area (Å²) in [4.78, 5) is 0. The van der Waals surface area contributed by atoms with Crippen molar-refractivity contribution in [3.63, 3.8) is 0 Å². The molecule has 1 rings (SSSR count). The molecular weight excluding hydrogens is 178 g/mol. The highest BCUT2D eigenvalue weighted by Crippen LogP contribution is 2.16. The largest absolute Gasteiger partial charge is 0.465 e. The number of rotatable bonds is 5. The van der Waals surface area contributed by atoms with Crippen LogP contribution >= 0.6 is 0 Å². The van der Waals surface area contributed by atoms with Crippen molar-refractivity contribution in [1.82, 2.24) is 5.32 Å². The Labute approximate surface area is 85.4 Å². The molecule has 80 valence electrons. The van der Waals surface area contributed by atoms with E-state index in [-0.39, 0.29) is 6.10 Å². The summed E-state index contributed by atoms with van der Waals surface area (Å²) in [6, 6.07) is 2.05. The van der Waals surface area contributed by atoms with Gasteiger partial charge in [-0.2, -0.15) is 0 Å². The monoisotopic (exact) mass is 197 g/mol. The Balaban J connectivity index is 2.58. The maximum Gasteiger partial charge on any atom is 0.118 e. The molecule has 0 spiro atoms. The Hall–Kier alpha value is -0.800. The van der Waals surface area contributed by atoms with Gasteiger partial charge in [-0.25, -0.2) is 0 Å². The van der Waals surface area contributed by atoms with Crippen LogP contribution in [0.1, 0.15) is 30.9 Å². The molecule has 0 aliphatic heterocycles. The van der Waals surface area contributed by atoms with Gasteiger partial charge < -0.3 is 14.5 Å². The minimum atomic E-state index is 0.261. The lowest BCUT2D eigenvalue weighted by atomic mass is 10.2. The number of ether oxygens (including phenoxy) is 1. The highest BCUT2D eigenvalue weighted by molar-refractivity contribution is 5.19. The molecule has 0 atom stereocenters. The molecule has 3 nitrogen and oxygen atoms in total. The summed E-state index contributed by atoms with van der Waals surface area (Å²) in [5.41, 5.74) is 1.14. The Morgan fingerprint density at radius 1 is 1.50 bits per heavy atom. The van der Waals surface area contributed by atoms with Crippen LogP contribution in [0.4, 0.5) is 0 Å². The second kappa shape index (κ2) is 5.17. The summed E-state index contributed by atoms with van der Waals surface area (Å²) in [5, 5.41) is 3.05. The summed E-state index contributed by atoms with van der Waals surface area (Å²) in [6.45, 7) is 7.44. The summed E-state index contributed by atoms with van der Waals surface area (Å²) in [7, 11) is 1.90. The normalized spacial score (nSPS) is 11.2. The van der Waals surface area contributed by atoms with Crippen molar-refractivity contribution >= 4 is 0 Å². The lowest BCUT2D eigenvalue weighted by Crippen LogP contribution is -2.04. The second-order valence-corrected chi connectivity index (χ2v) is 3.68. The van der Waals surface area contributed by atoms with Gasteiger partial charge in [-0.15, -0.1) is 0 Å². The number of furan rings is 1. The lowest BCUT2D eigenvalue weighted by Gasteiger charge is -2.05. The number of nitrogens with one attached hydrogen (secondary N) is 1. The van der Waals surface area contributed by atoms with Crippen molar-refractivity contribution in [3.05, 3.63) is 23.2 Å². The molecule has 0 aliphatic rings. The van der Waals surface area contributed by atoms with E-state index in [1.165, 1.54) is 0 Å². The first-order chi connectivity index (χ1) is 6.63. The van der Waals surface area contributed by atoms with E-state index in [0.717, 1.165) is 23.6 Å². The van der Waals surface area contributed by atoms with E-state index >= 15 is 0 Å². The summed E-state index contributed by atoms with van der Waals surface area (Å²) in [6.07, 6.45) is 0.261. The van der Waals surface area contributed by atoms with E-state index in [2.05, 4.69) is 5.32 Å². The predicted molar refractivity (Wildman–Crippen MR) is 56.1 cm³/mol. The van der Waals surface area contributed by atoms with Gasteiger partial charge in [-0.3, -0.25) is 0 Å². The topological polar surface area (TPSA) is 34.4 Å². The van der Waals surface area contributed by atoms with E-state index < -0.39 is 0 Å². The van der Waals surface area contributed by atoms with Gasteiger partial charge >= 0.3 is 0 Å². The molecule has 14 heavy (non-hydrogen) atoms. The van der Waals surface area contributed by atoms with Crippen LogP contribution in [-0.4, -0.2) is 13.2 Å². The number of aryl methyl sites for hydroxylation is 1. The van der Waals surface area contributed by atoms with E-state index in [1.807, 2.05) is 33.9 Å². The average Bonchev–Trinajstić information content (AvgIpc) is 2.44. The van der Waals surface area contributed by atoms with E-state index in [1.54, 1.807) is 0 Å². The van der Waals surface area contributed by atoms with Crippen LogP contribution in [0.2, 0.25) is 0 Å². The molecule has 1 aromatic rings. The van der Waals surface area contributed by atoms with Crippen molar-refractivity contribution in [1.29, 1.82) is 0 Å². The fourth-order valence-corrected chi connectivity index (χ4v) is 1.25. The molecule has 0 saturated carbocycles. The lowest BCUT2D eigenvalue weighted by molar-refractivity contribution is 0.0650. The molecule has 0 aromatic carbocycles. The fraction of sp³-hybridized carbons (Fsp3) is 0.636. The molecular formula is C11H19NO2. The molecule has 3 heteroatoms. The zero-order chi connectivity index (χ0) is 10.6. The van der Waals surface area contributed by atoms with Crippen LogP contribution in [0.15, 0.2) is 10.5 Å². The number of hydrogen-bond acceptors (Lipinski definition) is 3. The highest BCUT2D eigenvalue weighted by Gasteiger charge is 2.07. The quantitative estimate of drug-likeness (QED) is 0.786. The van der Waals surface area contributed by atoms with Gasteiger partial charge in [0.1, 0.15) is 11.5 Å². The third-order valence-corrected chi connectivity index (χ3v) is 1.99. The second-order valence-electron chi connectivity index (χ2n) is 3.68. The molecule has 0 amide bonds. The third-order valence-electron chi connectivity index (χ3n) is 1.99. The van der Waals surface area contributed by atoms with Gasteiger partial charge in [0.2, 0.25) is 0 Å². The summed E-state index contributed by atoms with van der Waals surface area (Å²) < 4.78 is 11.1. The van der Waals surface area contributed by atoms with Crippen molar-refractivity contribution in [3.8, 4) is 0 Å². The molecule has 0 saturated heterocycles. The molecule has 0 unspecified atom stereocenters. The van der Waals surface area contributed by atoms with Crippen LogP contribution in [0, 0.1) is 6.92 Å². The van der Waals surface area contributed by atoms with Crippen LogP contribution in [0.25, 0.3) is 0 Å². The Morgan fingerprint density at radius 3 is 2.79 bits per heavy atom. The van der Waals surface area contributed by atoms with Crippen molar-refractivity contribution in [2.24, 2.45) is 0 Å². The van der Waals surface area contributed by atoms with E-state index in [9.17, 15) is 0 Å². The Morgan fingerprint density at radius 2 is 2.21 bits per heavy atom. The van der Waals surface area contributed by atoms with Gasteiger partial charge in [-0.1, -0.05) is 0 Å². The van der Waals surface area contributed by atoms with Gasteiger partial charge in [0, 0.05) is 5.56 Å². The SMILES string of the molecule is CNCc1cc(COC(C)C)c(C)o1. The first-order valence-electron chi connectivity index (χ1n) is 4.98. The van der Waals surface area contributed by atoms with E-state index in [4.69, 9.17) is 9.15 Å². The smallest absolute Gasteiger partial charge is 0.118 e. The molecule has 1 aromatic heterocycles. The Bertz CT molecular complexity index is 279. The number of hydrogen-bond donors (Lipinski definition) is 1. The first-order valence-corrected chi connectivity index (χ1v) is 4.98. The van der Waals surface area contributed by atoms with Gasteiger partial charge in [-0.05, 0) is 33.9 Å². The standard InChI is InChI=1S/C11H19NO2/c1-8(2)13-7-10-5-11(6-12-4)14-9(10)3/h5,8,12H,6-7H2,1-4H3. The van der Waals surface area contributed by atoms with E-state index in [0.29, 0.717) is 6.61 Å². The third kappa shape index (κ3) is 3.16. The Kier molecular flexibility index (Phi) is 4.17. The maximum atomic E-state index is 5.54. The fourth-order valence-electron chi connectivity index (χ4n) is 1.25. The summed E-state index contributed by atoms with van der Waals surface area (Å²) >= 11 is 0. The molecule has 0 aliphatic carbocycles. The molecule has 0 radical (unpaired) electrons. The van der Waals surface area contributed by atoms with Gasteiger partial charge in [0.15, 0.2) is 0 Å². The zero-order valence-electron chi connectivity index (χ0n) is 9.39. The van der Waals surface area contributed by atoms with Crippen LogP contribution in [0.3, 0.4) is 0 Å². The zero-order valence-corrected chi connectivity index (χ0v) is 9.39. The van der Waals surface area contributed by atoms with Crippen molar-refractivity contribution in [2.75, 3.05) is 7.05 Å². The average molecular weight is 197 g/mol. The van der Waals surface area contributed by atoms with Crippen molar-refractivity contribution in [2.45, 2.75) is 40.0 Å². The first kappa shape index (κ1) is 11.3. The maximum absolute atomic E-state index is 5.54. The highest BCUT2D eigenvalue weighted by atomic mass is 16.5. The molecule has 0 bridgehead atoms. The predicted octanol–water partition coefficient (Wildman–Crippen LogP) is 2.23. The van der Waals surface area contributed by atoms with Crippen LogP contribution in [0.5, 0.6) is 0 Å². The summed E-state index contributed by atoms with van der Waals surface area (Å²) in [5.74, 6) is 1.92. The van der Waals surface area contributed by atoms with Crippen LogP contribution < -0.4 is 5.32 Å². The minimum absolute atomic E-state index is 0.261. The van der Waals surface area contributed by atoms with Crippen molar-refractivity contribution < 1.29 is 9.15 Å². The molecule has 1 heterocycles.